The maximum absolute atomic E-state index is 9.23. The van der Waals surface area contributed by atoms with Crippen LogP contribution in [-0.4, -0.2) is 55.4 Å². The summed E-state index contributed by atoms with van der Waals surface area (Å²) in [6, 6.07) is 12.9. The van der Waals surface area contributed by atoms with Gasteiger partial charge in [0.15, 0.2) is 6.19 Å². The minimum Gasteiger partial charge on any atom is -0.492 e. The molecule has 0 fully saturated rings. The lowest BCUT2D eigenvalue weighted by Crippen LogP contribution is -2.35. The van der Waals surface area contributed by atoms with Gasteiger partial charge in [-0.15, -0.1) is 0 Å². The molecule has 9 heteroatoms. The van der Waals surface area contributed by atoms with E-state index in [1.807, 2.05) is 50.6 Å². The van der Waals surface area contributed by atoms with Crippen molar-refractivity contribution in [1.29, 1.82) is 5.26 Å². The van der Waals surface area contributed by atoms with Crippen molar-refractivity contribution in [2.75, 3.05) is 33.8 Å². The number of hydrogen-bond acceptors (Lipinski definition) is 5. The number of nitriles is 1. The number of aliphatic imine (C=N–C) groups is 1. The number of nitrogens with one attached hydrogen (secondary N) is 1. The average Bonchev–Trinajstić information content (AvgIpc) is 3.11. The second-order valence-corrected chi connectivity index (χ2v) is 8.23. The number of nitrogens with zero attached hydrogens (tertiary/aromatic N) is 5. The topological polar surface area (TPSA) is 76.2 Å². The molecule has 1 N–H and O–H groups in total. The van der Waals surface area contributed by atoms with Gasteiger partial charge in [0.05, 0.1) is 28.0 Å². The van der Waals surface area contributed by atoms with Crippen molar-refractivity contribution in [2.24, 2.45) is 16.0 Å². The largest absolute Gasteiger partial charge is 0.492 e. The predicted molar refractivity (Wildman–Crippen MR) is 125 cm³/mol. The van der Waals surface area contributed by atoms with E-state index in [0.29, 0.717) is 40.6 Å². The highest BCUT2D eigenvalue weighted by atomic mass is 35.5. The zero-order chi connectivity index (χ0) is 22.4. The summed E-state index contributed by atoms with van der Waals surface area (Å²) in [4.78, 5) is 6.64. The van der Waals surface area contributed by atoms with Crippen LogP contribution in [0.25, 0.3) is 0 Å². The Bertz CT molecular complexity index is 1030. The molecule has 2 aromatic rings. The monoisotopic (exact) mass is 458 g/mol. The van der Waals surface area contributed by atoms with Crippen LogP contribution in [0.3, 0.4) is 0 Å². The van der Waals surface area contributed by atoms with E-state index in [-0.39, 0.29) is 5.92 Å². The first-order valence-electron chi connectivity index (χ1n) is 9.80. The molecular formula is C22H24Cl2N6O. The molecule has 31 heavy (non-hydrogen) atoms. The molecule has 1 atom stereocenters. The van der Waals surface area contributed by atoms with Crippen molar-refractivity contribution in [1.82, 2.24) is 15.2 Å². The Morgan fingerprint density at radius 1 is 1.29 bits per heavy atom. The number of ether oxygens (including phenoxy) is 1. The smallest absolute Gasteiger partial charge is 0.233 e. The van der Waals surface area contributed by atoms with Crippen LogP contribution >= 0.6 is 23.2 Å². The van der Waals surface area contributed by atoms with E-state index in [1.165, 1.54) is 0 Å². The Kier molecular flexibility index (Phi) is 7.75. The second kappa shape index (κ2) is 10.5. The maximum atomic E-state index is 9.23. The first-order chi connectivity index (χ1) is 14.9. The molecule has 1 heterocycles. The lowest BCUT2D eigenvalue weighted by molar-refractivity contribution is 0.261. The standard InChI is InChI=1S/C22H24Cl2N6O/c1-15-13-30(28-21(15)16-7-8-19(23)20(24)11-16)22(26-14-25)27-17-5-4-6-18(12-17)31-10-9-29(2)3/h4-8,11-12,15H,9-10,13H2,1-3H3,(H,26,27). The first-order valence-corrected chi connectivity index (χ1v) is 10.6. The number of halogens is 2. The molecule has 0 aromatic heterocycles. The van der Waals surface area contributed by atoms with Crippen LogP contribution in [0.15, 0.2) is 52.6 Å². The van der Waals surface area contributed by atoms with Crippen LogP contribution in [0.5, 0.6) is 5.75 Å². The summed E-state index contributed by atoms with van der Waals surface area (Å²) in [7, 11) is 3.99. The van der Waals surface area contributed by atoms with Crippen LogP contribution < -0.4 is 10.1 Å². The van der Waals surface area contributed by atoms with Gasteiger partial charge in [-0.3, -0.25) is 5.32 Å². The van der Waals surface area contributed by atoms with Crippen LogP contribution in [0.2, 0.25) is 10.0 Å². The van der Waals surface area contributed by atoms with Crippen LogP contribution in [0, 0.1) is 17.4 Å². The van der Waals surface area contributed by atoms with Crippen molar-refractivity contribution in [3.05, 3.63) is 58.1 Å². The highest BCUT2D eigenvalue weighted by molar-refractivity contribution is 6.42. The fourth-order valence-corrected chi connectivity index (χ4v) is 3.36. The fraction of sp³-hybridized carbons (Fsp3) is 0.318. The molecule has 1 unspecified atom stereocenters. The number of rotatable bonds is 6. The van der Waals surface area contributed by atoms with E-state index >= 15 is 0 Å². The van der Waals surface area contributed by atoms with Gasteiger partial charge in [0.1, 0.15) is 12.4 Å². The van der Waals surface area contributed by atoms with E-state index in [1.54, 1.807) is 17.1 Å². The summed E-state index contributed by atoms with van der Waals surface area (Å²) in [5.74, 6) is 1.17. The third kappa shape index (κ3) is 6.11. The Hall–Kier alpha value is -2.79. The molecule has 7 nitrogen and oxygen atoms in total. The van der Waals surface area contributed by atoms with Gasteiger partial charge in [-0.1, -0.05) is 42.3 Å². The van der Waals surface area contributed by atoms with Crippen LogP contribution in [0.1, 0.15) is 12.5 Å². The Morgan fingerprint density at radius 2 is 2.10 bits per heavy atom. The van der Waals surface area contributed by atoms with Gasteiger partial charge in [-0.25, -0.2) is 10.0 Å². The summed E-state index contributed by atoms with van der Waals surface area (Å²) in [5.41, 5.74) is 2.40. The molecule has 1 aliphatic rings. The summed E-state index contributed by atoms with van der Waals surface area (Å²) in [5, 5.41) is 19.2. The van der Waals surface area contributed by atoms with Gasteiger partial charge in [0, 0.05) is 18.5 Å². The highest BCUT2D eigenvalue weighted by Gasteiger charge is 2.27. The lowest BCUT2D eigenvalue weighted by atomic mass is 9.99. The fourth-order valence-electron chi connectivity index (χ4n) is 3.06. The molecule has 0 radical (unpaired) electrons. The van der Waals surface area contributed by atoms with E-state index in [9.17, 15) is 5.26 Å². The summed E-state index contributed by atoms with van der Waals surface area (Å²) in [6.07, 6.45) is 1.95. The van der Waals surface area contributed by atoms with Gasteiger partial charge in [-0.05, 0) is 43.9 Å². The number of benzene rings is 2. The Morgan fingerprint density at radius 3 is 2.81 bits per heavy atom. The molecule has 162 valence electrons. The highest BCUT2D eigenvalue weighted by Crippen LogP contribution is 2.27. The van der Waals surface area contributed by atoms with Crippen molar-refractivity contribution >= 4 is 40.6 Å². The molecule has 0 amide bonds. The summed E-state index contributed by atoms with van der Waals surface area (Å²) >= 11 is 12.2. The number of hydrazone groups is 1. The first kappa shape index (κ1) is 22.9. The quantitative estimate of drug-likeness (QED) is 0.301. The predicted octanol–water partition coefficient (Wildman–Crippen LogP) is 4.35. The Balaban J connectivity index is 1.83. The van der Waals surface area contributed by atoms with E-state index in [4.69, 9.17) is 27.9 Å². The van der Waals surface area contributed by atoms with Crippen molar-refractivity contribution < 1.29 is 4.74 Å². The zero-order valence-electron chi connectivity index (χ0n) is 17.6. The molecule has 1 aliphatic heterocycles. The number of guanidine groups is 1. The number of hydrogen-bond donors (Lipinski definition) is 1. The normalized spacial score (nSPS) is 16.3. The molecule has 0 saturated heterocycles. The average molecular weight is 459 g/mol. The maximum Gasteiger partial charge on any atom is 0.233 e. The van der Waals surface area contributed by atoms with Gasteiger partial charge in [0.25, 0.3) is 0 Å². The van der Waals surface area contributed by atoms with Gasteiger partial charge in [-0.2, -0.15) is 10.4 Å². The van der Waals surface area contributed by atoms with Gasteiger partial charge in [0.2, 0.25) is 5.96 Å². The minimum absolute atomic E-state index is 0.114. The van der Waals surface area contributed by atoms with Crippen LogP contribution in [0.4, 0.5) is 5.69 Å². The van der Waals surface area contributed by atoms with Crippen molar-refractivity contribution in [2.45, 2.75) is 6.92 Å². The van der Waals surface area contributed by atoms with Crippen LogP contribution in [-0.2, 0) is 0 Å². The summed E-state index contributed by atoms with van der Waals surface area (Å²) < 4.78 is 5.78. The lowest BCUT2D eigenvalue weighted by Gasteiger charge is -2.15. The van der Waals surface area contributed by atoms with E-state index in [2.05, 4.69) is 27.2 Å². The van der Waals surface area contributed by atoms with Crippen molar-refractivity contribution in [3.8, 4) is 11.9 Å². The molecule has 2 aromatic carbocycles. The summed E-state index contributed by atoms with van der Waals surface area (Å²) in [6.45, 7) is 4.02. The molecule has 3 rings (SSSR count). The third-order valence-electron chi connectivity index (χ3n) is 4.63. The van der Waals surface area contributed by atoms with E-state index in [0.717, 1.165) is 17.8 Å². The second-order valence-electron chi connectivity index (χ2n) is 7.42. The zero-order valence-corrected chi connectivity index (χ0v) is 19.2. The van der Waals surface area contributed by atoms with Crippen molar-refractivity contribution in [3.63, 3.8) is 0 Å². The molecular weight excluding hydrogens is 435 g/mol. The van der Waals surface area contributed by atoms with Gasteiger partial charge >= 0.3 is 0 Å². The number of likely N-dealkylation sites (N-methyl/N-ethyl adjacent to an activating group) is 1. The Labute approximate surface area is 192 Å². The van der Waals surface area contributed by atoms with E-state index < -0.39 is 0 Å². The SMILES string of the molecule is CC1CN(C(=Nc2cccc(OCCN(C)C)c2)NC#N)N=C1c1ccc(Cl)c(Cl)c1. The molecule has 0 saturated carbocycles. The molecule has 0 spiro atoms. The molecule has 0 bridgehead atoms. The minimum atomic E-state index is 0.114. The molecule has 0 aliphatic carbocycles. The third-order valence-corrected chi connectivity index (χ3v) is 5.37. The van der Waals surface area contributed by atoms with Gasteiger partial charge < -0.3 is 9.64 Å².